The third kappa shape index (κ3) is 2.38. The van der Waals surface area contributed by atoms with Crippen LogP contribution in [0, 0.1) is 18.6 Å². The Morgan fingerprint density at radius 2 is 1.84 bits per heavy atom. The molecule has 1 unspecified atom stereocenters. The van der Waals surface area contributed by atoms with Gasteiger partial charge in [0, 0.05) is 6.07 Å². The number of fused-ring (bicyclic) bond motifs is 1. The van der Waals surface area contributed by atoms with Gasteiger partial charge in [0.25, 0.3) is 0 Å². The summed E-state index contributed by atoms with van der Waals surface area (Å²) >= 11 is 0. The van der Waals surface area contributed by atoms with Gasteiger partial charge >= 0.3 is 0 Å². The number of hydrogen-bond donors (Lipinski definition) is 1. The van der Waals surface area contributed by atoms with Crippen molar-refractivity contribution < 1.29 is 13.5 Å². The molecule has 0 radical (unpaired) electrons. The van der Waals surface area contributed by atoms with Crippen LogP contribution in [0.25, 0.3) is 0 Å². The van der Waals surface area contributed by atoms with Crippen molar-refractivity contribution in [2.45, 2.75) is 13.0 Å². The number of rotatable bonds is 1. The van der Waals surface area contributed by atoms with Gasteiger partial charge in [0.1, 0.15) is 24.0 Å². The second kappa shape index (κ2) is 4.53. The zero-order valence-corrected chi connectivity index (χ0v) is 10.4. The summed E-state index contributed by atoms with van der Waals surface area (Å²) in [5, 5.41) is 3.25. The van der Waals surface area contributed by atoms with E-state index in [0.717, 1.165) is 23.1 Å². The topological polar surface area (TPSA) is 21.3 Å². The van der Waals surface area contributed by atoms with E-state index >= 15 is 0 Å². The molecule has 1 N–H and O–H groups in total. The van der Waals surface area contributed by atoms with Crippen molar-refractivity contribution in [3.05, 3.63) is 59.2 Å². The summed E-state index contributed by atoms with van der Waals surface area (Å²) in [6.45, 7) is 2.33. The molecule has 0 spiro atoms. The first-order valence-corrected chi connectivity index (χ1v) is 6.08. The normalized spacial score (nSPS) is 17.3. The smallest absolute Gasteiger partial charge is 0.142 e. The van der Waals surface area contributed by atoms with Gasteiger partial charge < -0.3 is 10.1 Å². The molecular weight excluding hydrogens is 248 g/mol. The van der Waals surface area contributed by atoms with Gasteiger partial charge in [0.05, 0.1) is 11.7 Å². The second-order valence-corrected chi connectivity index (χ2v) is 4.71. The highest BCUT2D eigenvalue weighted by Gasteiger charge is 2.21. The summed E-state index contributed by atoms with van der Waals surface area (Å²) in [4.78, 5) is 0. The molecular formula is C15H13F2NO. The van der Waals surface area contributed by atoms with Gasteiger partial charge in [-0.2, -0.15) is 0 Å². The van der Waals surface area contributed by atoms with Crippen LogP contribution in [0.1, 0.15) is 17.2 Å². The number of halogens is 2. The summed E-state index contributed by atoms with van der Waals surface area (Å²) in [5.41, 5.74) is 2.49. The molecule has 2 aromatic rings. The van der Waals surface area contributed by atoms with E-state index in [1.165, 1.54) is 12.1 Å². The average molecular weight is 261 g/mol. The van der Waals surface area contributed by atoms with Crippen molar-refractivity contribution in [3.8, 4) is 5.75 Å². The number of nitrogens with one attached hydrogen (secondary N) is 1. The number of hydrogen-bond acceptors (Lipinski definition) is 2. The molecule has 0 aliphatic carbocycles. The van der Waals surface area contributed by atoms with Crippen molar-refractivity contribution in [3.63, 3.8) is 0 Å². The quantitative estimate of drug-likeness (QED) is 0.842. The monoisotopic (exact) mass is 261 g/mol. The van der Waals surface area contributed by atoms with Gasteiger partial charge in [-0.3, -0.25) is 0 Å². The van der Waals surface area contributed by atoms with E-state index in [4.69, 9.17) is 4.74 Å². The van der Waals surface area contributed by atoms with Gasteiger partial charge in [-0.05, 0) is 42.3 Å². The SMILES string of the molecule is Cc1ccc2c(c1)NC(c1cc(F)cc(F)c1)CO2. The van der Waals surface area contributed by atoms with Crippen molar-refractivity contribution in [1.29, 1.82) is 0 Å². The van der Waals surface area contributed by atoms with Gasteiger partial charge in [-0.15, -0.1) is 0 Å². The van der Waals surface area contributed by atoms with Crippen molar-refractivity contribution in [2.24, 2.45) is 0 Å². The van der Waals surface area contributed by atoms with Crippen LogP contribution < -0.4 is 10.1 Å². The minimum atomic E-state index is -0.577. The van der Waals surface area contributed by atoms with Crippen LogP contribution in [0.4, 0.5) is 14.5 Å². The summed E-state index contributed by atoms with van der Waals surface area (Å²) in [7, 11) is 0. The standard InChI is InChI=1S/C15H13F2NO/c1-9-2-3-15-13(4-9)18-14(8-19-15)10-5-11(16)7-12(17)6-10/h2-7,14,18H,8H2,1H3. The molecule has 1 atom stereocenters. The molecule has 3 rings (SSSR count). The molecule has 2 aromatic carbocycles. The maximum Gasteiger partial charge on any atom is 0.142 e. The predicted octanol–water partition coefficient (Wildman–Crippen LogP) is 3.82. The van der Waals surface area contributed by atoms with Crippen molar-refractivity contribution >= 4 is 5.69 Å². The lowest BCUT2D eigenvalue weighted by Gasteiger charge is -2.28. The molecule has 1 aliphatic rings. The number of ether oxygens (including phenoxy) is 1. The molecule has 0 aromatic heterocycles. The fraction of sp³-hybridized carbons (Fsp3) is 0.200. The molecule has 98 valence electrons. The van der Waals surface area contributed by atoms with Crippen LogP contribution in [-0.2, 0) is 0 Å². The van der Waals surface area contributed by atoms with E-state index < -0.39 is 11.6 Å². The molecule has 4 heteroatoms. The Balaban J connectivity index is 1.92. The van der Waals surface area contributed by atoms with Crippen LogP contribution >= 0.6 is 0 Å². The van der Waals surface area contributed by atoms with Gasteiger partial charge in [0.2, 0.25) is 0 Å². The Morgan fingerprint density at radius 1 is 1.11 bits per heavy atom. The molecule has 2 nitrogen and oxygen atoms in total. The maximum absolute atomic E-state index is 13.2. The molecule has 0 saturated carbocycles. The lowest BCUT2D eigenvalue weighted by molar-refractivity contribution is 0.286. The Kier molecular flexibility index (Phi) is 2.85. The van der Waals surface area contributed by atoms with E-state index in [-0.39, 0.29) is 6.04 Å². The Morgan fingerprint density at radius 3 is 2.58 bits per heavy atom. The van der Waals surface area contributed by atoms with Crippen LogP contribution in [0.2, 0.25) is 0 Å². The van der Waals surface area contributed by atoms with Crippen molar-refractivity contribution in [2.75, 3.05) is 11.9 Å². The lowest BCUT2D eigenvalue weighted by atomic mass is 10.0. The minimum absolute atomic E-state index is 0.250. The van der Waals surface area contributed by atoms with Crippen molar-refractivity contribution in [1.82, 2.24) is 0 Å². The summed E-state index contributed by atoms with van der Waals surface area (Å²) in [5.74, 6) is -0.391. The summed E-state index contributed by atoms with van der Waals surface area (Å²) in [6.07, 6.45) is 0. The summed E-state index contributed by atoms with van der Waals surface area (Å²) < 4.78 is 32.1. The highest BCUT2D eigenvalue weighted by atomic mass is 19.1. The van der Waals surface area contributed by atoms with E-state index in [1.807, 2.05) is 25.1 Å². The van der Waals surface area contributed by atoms with Gasteiger partial charge in [-0.1, -0.05) is 6.07 Å². The largest absolute Gasteiger partial charge is 0.489 e. The van der Waals surface area contributed by atoms with E-state index in [2.05, 4.69) is 5.32 Å². The zero-order valence-electron chi connectivity index (χ0n) is 10.4. The van der Waals surface area contributed by atoms with Crippen LogP contribution in [-0.4, -0.2) is 6.61 Å². The molecule has 1 aliphatic heterocycles. The Hall–Kier alpha value is -2.10. The average Bonchev–Trinajstić information content (AvgIpc) is 2.36. The van der Waals surface area contributed by atoms with Crippen LogP contribution in [0.15, 0.2) is 36.4 Å². The van der Waals surface area contributed by atoms with Crippen LogP contribution in [0.3, 0.4) is 0 Å². The molecule has 0 amide bonds. The lowest BCUT2D eigenvalue weighted by Crippen LogP contribution is -2.24. The number of anilines is 1. The fourth-order valence-electron chi connectivity index (χ4n) is 2.24. The first kappa shape index (κ1) is 12.0. The first-order valence-electron chi connectivity index (χ1n) is 6.08. The summed E-state index contributed by atoms with van der Waals surface area (Å²) in [6, 6.07) is 9.07. The molecule has 0 saturated heterocycles. The molecule has 0 bridgehead atoms. The predicted molar refractivity (Wildman–Crippen MR) is 69.4 cm³/mol. The Bertz CT molecular complexity index is 607. The van der Waals surface area contributed by atoms with Gasteiger partial charge in [0.15, 0.2) is 0 Å². The number of benzene rings is 2. The highest BCUT2D eigenvalue weighted by Crippen LogP contribution is 2.34. The third-order valence-corrected chi connectivity index (χ3v) is 3.16. The van der Waals surface area contributed by atoms with Gasteiger partial charge in [-0.25, -0.2) is 8.78 Å². The third-order valence-electron chi connectivity index (χ3n) is 3.16. The van der Waals surface area contributed by atoms with E-state index in [9.17, 15) is 8.78 Å². The highest BCUT2D eigenvalue weighted by molar-refractivity contribution is 5.60. The molecule has 19 heavy (non-hydrogen) atoms. The number of aryl methyl sites for hydroxylation is 1. The van der Waals surface area contributed by atoms with E-state index in [1.54, 1.807) is 0 Å². The first-order chi connectivity index (χ1) is 9.11. The minimum Gasteiger partial charge on any atom is -0.489 e. The fourth-order valence-corrected chi connectivity index (χ4v) is 2.24. The second-order valence-electron chi connectivity index (χ2n) is 4.71. The van der Waals surface area contributed by atoms with E-state index in [0.29, 0.717) is 12.2 Å². The zero-order chi connectivity index (χ0) is 13.4. The Labute approximate surface area is 110 Å². The van der Waals surface area contributed by atoms with Crippen LogP contribution in [0.5, 0.6) is 5.75 Å². The molecule has 0 fully saturated rings. The maximum atomic E-state index is 13.2. The molecule has 1 heterocycles.